The van der Waals surface area contributed by atoms with E-state index in [9.17, 15) is 18.5 Å². The minimum atomic E-state index is -3.94. The number of nitro benzene ring substituents is 1. The second-order valence-electron chi connectivity index (χ2n) is 4.91. The zero-order valence-electron chi connectivity index (χ0n) is 12.2. The van der Waals surface area contributed by atoms with Gasteiger partial charge < -0.3 is 0 Å². The highest BCUT2D eigenvalue weighted by Gasteiger charge is 2.18. The van der Waals surface area contributed by atoms with Gasteiger partial charge in [-0.25, -0.2) is 8.42 Å². The number of H-pyrrole nitrogens is 1. The lowest BCUT2D eigenvalue weighted by Gasteiger charge is -2.09. The van der Waals surface area contributed by atoms with Crippen LogP contribution in [0, 0.1) is 10.1 Å². The third-order valence-corrected chi connectivity index (χ3v) is 4.64. The van der Waals surface area contributed by atoms with E-state index in [1.165, 1.54) is 18.2 Å². The summed E-state index contributed by atoms with van der Waals surface area (Å²) in [7, 11) is -3.94. The summed E-state index contributed by atoms with van der Waals surface area (Å²) in [6.45, 7) is 0. The standard InChI is InChI=1S/C15H12N4O4S/c20-19(21)13-5-2-6-14(10-13)24(22,23)18-12-4-1-3-11(9-12)15-7-8-16-17-15/h1-10,18H,(H,16,17). The Kier molecular flexibility index (Phi) is 4.00. The van der Waals surface area contributed by atoms with Crippen LogP contribution >= 0.6 is 0 Å². The van der Waals surface area contributed by atoms with Crippen molar-refractivity contribution in [2.24, 2.45) is 0 Å². The first-order chi connectivity index (χ1) is 11.5. The molecule has 0 fully saturated rings. The van der Waals surface area contributed by atoms with E-state index in [0.717, 1.165) is 17.3 Å². The van der Waals surface area contributed by atoms with E-state index in [0.29, 0.717) is 5.69 Å². The van der Waals surface area contributed by atoms with Gasteiger partial charge >= 0.3 is 0 Å². The van der Waals surface area contributed by atoms with E-state index >= 15 is 0 Å². The number of non-ortho nitro benzene ring substituents is 1. The van der Waals surface area contributed by atoms with Crippen molar-refractivity contribution in [3.63, 3.8) is 0 Å². The van der Waals surface area contributed by atoms with Gasteiger partial charge in [-0.3, -0.25) is 19.9 Å². The Morgan fingerprint density at radius 1 is 1.08 bits per heavy atom. The molecule has 1 aromatic heterocycles. The minimum Gasteiger partial charge on any atom is -0.280 e. The second kappa shape index (κ2) is 6.13. The number of benzene rings is 2. The van der Waals surface area contributed by atoms with Gasteiger partial charge in [0.25, 0.3) is 15.7 Å². The molecule has 0 saturated carbocycles. The summed E-state index contributed by atoms with van der Waals surface area (Å²) in [6, 6.07) is 13.4. The quantitative estimate of drug-likeness (QED) is 0.545. The lowest BCUT2D eigenvalue weighted by molar-refractivity contribution is -0.385. The van der Waals surface area contributed by atoms with Gasteiger partial charge in [0.2, 0.25) is 0 Å². The highest BCUT2D eigenvalue weighted by Crippen LogP contribution is 2.24. The van der Waals surface area contributed by atoms with Crippen LogP contribution in [0.3, 0.4) is 0 Å². The number of rotatable bonds is 5. The van der Waals surface area contributed by atoms with Crippen molar-refractivity contribution in [1.82, 2.24) is 10.2 Å². The molecule has 0 spiro atoms. The van der Waals surface area contributed by atoms with Gasteiger partial charge in [0.05, 0.1) is 15.5 Å². The molecule has 0 bridgehead atoms. The molecule has 8 nitrogen and oxygen atoms in total. The molecule has 2 aromatic carbocycles. The molecule has 0 saturated heterocycles. The van der Waals surface area contributed by atoms with Crippen LogP contribution in [0.1, 0.15) is 0 Å². The van der Waals surface area contributed by atoms with Gasteiger partial charge in [0, 0.05) is 29.6 Å². The molecule has 0 atom stereocenters. The Bertz CT molecular complexity index is 984. The van der Waals surface area contributed by atoms with E-state index in [2.05, 4.69) is 14.9 Å². The first kappa shape index (κ1) is 15.7. The van der Waals surface area contributed by atoms with E-state index in [1.54, 1.807) is 36.5 Å². The molecule has 0 amide bonds. The number of hydrogen-bond donors (Lipinski definition) is 2. The van der Waals surface area contributed by atoms with Crippen LogP contribution in [0.25, 0.3) is 11.3 Å². The molecule has 1 heterocycles. The Morgan fingerprint density at radius 3 is 2.58 bits per heavy atom. The fourth-order valence-corrected chi connectivity index (χ4v) is 3.23. The third-order valence-electron chi connectivity index (χ3n) is 3.27. The maximum absolute atomic E-state index is 12.4. The molecule has 0 radical (unpaired) electrons. The number of nitrogens with zero attached hydrogens (tertiary/aromatic N) is 2. The number of nitrogens with one attached hydrogen (secondary N) is 2. The first-order valence-corrected chi connectivity index (χ1v) is 8.31. The number of anilines is 1. The molecule has 0 aliphatic rings. The smallest absolute Gasteiger partial charge is 0.270 e. The Morgan fingerprint density at radius 2 is 1.88 bits per heavy atom. The van der Waals surface area contributed by atoms with Gasteiger partial charge in [-0.05, 0) is 24.3 Å². The summed E-state index contributed by atoms with van der Waals surface area (Å²) in [4.78, 5) is 9.98. The summed E-state index contributed by atoms with van der Waals surface area (Å²) in [5.74, 6) is 0. The largest absolute Gasteiger partial charge is 0.280 e. The molecule has 0 unspecified atom stereocenters. The Hall–Kier alpha value is -3.20. The van der Waals surface area contributed by atoms with Crippen LogP contribution in [0.5, 0.6) is 0 Å². The molecular weight excluding hydrogens is 332 g/mol. The van der Waals surface area contributed by atoms with Crippen LogP contribution < -0.4 is 4.72 Å². The molecule has 9 heteroatoms. The van der Waals surface area contributed by atoms with E-state index in [4.69, 9.17) is 0 Å². The second-order valence-corrected chi connectivity index (χ2v) is 6.59. The summed E-state index contributed by atoms with van der Waals surface area (Å²) in [6.07, 6.45) is 1.59. The predicted molar refractivity (Wildman–Crippen MR) is 87.9 cm³/mol. The average Bonchev–Trinajstić information content (AvgIpc) is 3.09. The fraction of sp³-hybridized carbons (Fsp3) is 0. The normalized spacial score (nSPS) is 11.2. The molecule has 2 N–H and O–H groups in total. The van der Waals surface area contributed by atoms with Gasteiger partial charge in [0.1, 0.15) is 0 Å². The number of nitro groups is 1. The van der Waals surface area contributed by atoms with Crippen LogP contribution in [0.15, 0.2) is 65.7 Å². The van der Waals surface area contributed by atoms with Crippen molar-refractivity contribution >= 4 is 21.4 Å². The van der Waals surface area contributed by atoms with Crippen molar-refractivity contribution in [2.45, 2.75) is 4.90 Å². The molecule has 3 rings (SSSR count). The Labute approximate surface area is 137 Å². The SMILES string of the molecule is O=[N+]([O-])c1cccc(S(=O)(=O)Nc2cccc(-c3ccn[nH]3)c2)c1. The summed E-state index contributed by atoms with van der Waals surface area (Å²) >= 11 is 0. The lowest BCUT2D eigenvalue weighted by atomic mass is 10.1. The van der Waals surface area contributed by atoms with E-state index in [-0.39, 0.29) is 10.6 Å². The average molecular weight is 344 g/mol. The van der Waals surface area contributed by atoms with Gasteiger partial charge in [-0.15, -0.1) is 0 Å². The highest BCUT2D eigenvalue weighted by atomic mass is 32.2. The van der Waals surface area contributed by atoms with Crippen molar-refractivity contribution in [2.75, 3.05) is 4.72 Å². The van der Waals surface area contributed by atoms with E-state index in [1.807, 2.05) is 0 Å². The van der Waals surface area contributed by atoms with Crippen molar-refractivity contribution in [3.05, 3.63) is 70.9 Å². The zero-order chi connectivity index (χ0) is 17.2. The molecule has 3 aromatic rings. The maximum Gasteiger partial charge on any atom is 0.270 e. The fourth-order valence-electron chi connectivity index (χ4n) is 2.15. The highest BCUT2D eigenvalue weighted by molar-refractivity contribution is 7.92. The summed E-state index contributed by atoms with van der Waals surface area (Å²) in [5, 5.41) is 17.4. The molecule has 24 heavy (non-hydrogen) atoms. The number of aromatic nitrogens is 2. The molecule has 122 valence electrons. The summed E-state index contributed by atoms with van der Waals surface area (Å²) < 4.78 is 27.3. The van der Waals surface area contributed by atoms with Gasteiger partial charge in [0.15, 0.2) is 0 Å². The van der Waals surface area contributed by atoms with Crippen LogP contribution in [-0.4, -0.2) is 23.5 Å². The number of hydrogen-bond acceptors (Lipinski definition) is 5. The zero-order valence-corrected chi connectivity index (χ0v) is 13.0. The van der Waals surface area contributed by atoms with Crippen molar-refractivity contribution in [3.8, 4) is 11.3 Å². The van der Waals surface area contributed by atoms with Gasteiger partial charge in [-0.2, -0.15) is 5.10 Å². The molecule has 0 aliphatic heterocycles. The monoisotopic (exact) mass is 344 g/mol. The number of sulfonamides is 1. The van der Waals surface area contributed by atoms with Crippen molar-refractivity contribution < 1.29 is 13.3 Å². The first-order valence-electron chi connectivity index (χ1n) is 6.83. The predicted octanol–water partition coefficient (Wildman–Crippen LogP) is 2.79. The van der Waals surface area contributed by atoms with Crippen LogP contribution in [0.4, 0.5) is 11.4 Å². The van der Waals surface area contributed by atoms with E-state index < -0.39 is 14.9 Å². The van der Waals surface area contributed by atoms with Gasteiger partial charge in [-0.1, -0.05) is 18.2 Å². The van der Waals surface area contributed by atoms with Crippen LogP contribution in [0.2, 0.25) is 0 Å². The topological polar surface area (TPSA) is 118 Å². The minimum absolute atomic E-state index is 0.177. The third kappa shape index (κ3) is 3.25. The molecule has 0 aliphatic carbocycles. The maximum atomic E-state index is 12.4. The summed E-state index contributed by atoms with van der Waals surface area (Å²) in [5.41, 5.74) is 1.55. The lowest BCUT2D eigenvalue weighted by Crippen LogP contribution is -2.13. The molecular formula is C15H12N4O4S. The van der Waals surface area contributed by atoms with Crippen molar-refractivity contribution in [1.29, 1.82) is 0 Å². The number of aromatic amines is 1. The van der Waals surface area contributed by atoms with Crippen LogP contribution in [-0.2, 0) is 10.0 Å². The Balaban J connectivity index is 1.91.